The average Bonchev–Trinajstić information content (AvgIpc) is 1.38. The van der Waals surface area contributed by atoms with Crippen LogP contribution in [0.1, 0.15) is 6.92 Å². The summed E-state index contributed by atoms with van der Waals surface area (Å²) < 4.78 is 9.42. The molecule has 0 amide bonds. The lowest BCUT2D eigenvalue weighted by Gasteiger charge is -1.62. The lowest BCUT2D eigenvalue weighted by Crippen LogP contribution is -2.11. The predicted octanol–water partition coefficient (Wildman–Crippen LogP) is -0.281. The van der Waals surface area contributed by atoms with Gasteiger partial charge in [0.25, 0.3) is 5.37 Å². The van der Waals surface area contributed by atoms with Crippen molar-refractivity contribution in [3.05, 3.63) is 0 Å². The lowest BCUT2D eigenvalue weighted by molar-refractivity contribution is 0.600. The van der Waals surface area contributed by atoms with Crippen molar-refractivity contribution in [2.75, 3.05) is 0 Å². The monoisotopic (exact) mass is 92.0 g/mol. The summed E-state index contributed by atoms with van der Waals surface area (Å²) in [5.74, 6) is 0. The van der Waals surface area contributed by atoms with Crippen LogP contribution in [0.4, 0.5) is 0 Å². The van der Waals surface area contributed by atoms with Gasteiger partial charge in [0.1, 0.15) is 0 Å². The Morgan fingerprint density at radius 3 is 2.20 bits per heavy atom. The molecule has 2 nitrogen and oxygen atoms in total. The Kier molecular flexibility index (Phi) is 2.22. The molecule has 2 N–H and O–H groups in total. The van der Waals surface area contributed by atoms with Crippen molar-refractivity contribution in [3.8, 4) is 0 Å². The van der Waals surface area contributed by atoms with Gasteiger partial charge < -0.3 is 0 Å². The molecule has 0 aliphatic carbocycles. The first-order chi connectivity index (χ1) is 2.27. The van der Waals surface area contributed by atoms with Crippen molar-refractivity contribution >= 4 is 11.7 Å². The van der Waals surface area contributed by atoms with Crippen molar-refractivity contribution in [2.24, 2.45) is 5.73 Å². The topological polar surface area (TPSA) is 43.1 Å². The highest BCUT2D eigenvalue weighted by molar-refractivity contribution is 7.66. The van der Waals surface area contributed by atoms with Gasteiger partial charge in [-0.3, -0.25) is 5.73 Å². The standard InChI is InChI=1S/C2H6NOS/c1-2(3)5-4/h2H,3H2,1H3/q+1. The fourth-order valence-corrected chi connectivity index (χ4v) is 0. The molecule has 0 rings (SSSR count). The van der Waals surface area contributed by atoms with E-state index in [9.17, 15) is 4.21 Å². The van der Waals surface area contributed by atoms with E-state index in [0.717, 1.165) is 0 Å². The van der Waals surface area contributed by atoms with Crippen LogP contribution in [0, 0.1) is 0 Å². The van der Waals surface area contributed by atoms with Gasteiger partial charge in [0.15, 0.2) is 0 Å². The molecule has 0 radical (unpaired) electrons. The number of rotatable bonds is 1. The molecule has 0 saturated heterocycles. The Labute approximate surface area is 34.9 Å². The van der Waals surface area contributed by atoms with Gasteiger partial charge in [-0.25, -0.2) is 0 Å². The van der Waals surface area contributed by atoms with Crippen LogP contribution in [0.2, 0.25) is 0 Å². The van der Waals surface area contributed by atoms with Gasteiger partial charge in [-0.2, -0.15) is 0 Å². The first-order valence-electron chi connectivity index (χ1n) is 1.31. The van der Waals surface area contributed by atoms with E-state index in [0.29, 0.717) is 11.7 Å². The van der Waals surface area contributed by atoms with E-state index in [1.54, 1.807) is 6.92 Å². The first kappa shape index (κ1) is 4.98. The van der Waals surface area contributed by atoms with E-state index in [1.165, 1.54) is 0 Å². The third kappa shape index (κ3) is 3.98. The zero-order valence-electron chi connectivity index (χ0n) is 2.97. The third-order valence-corrected chi connectivity index (χ3v) is 0.455. The molecule has 0 aromatic carbocycles. The molecule has 0 fully saturated rings. The van der Waals surface area contributed by atoms with Crippen LogP contribution in [-0.2, 0) is 15.9 Å². The number of hydrogen-bond acceptors (Lipinski definition) is 2. The zero-order chi connectivity index (χ0) is 4.28. The summed E-state index contributed by atoms with van der Waals surface area (Å²) in [6, 6.07) is 0. The summed E-state index contributed by atoms with van der Waals surface area (Å²) in [6.07, 6.45) is 0. The molecule has 3 heteroatoms. The maximum Gasteiger partial charge on any atom is 0.478 e. The van der Waals surface area contributed by atoms with Crippen LogP contribution < -0.4 is 5.73 Å². The smallest absolute Gasteiger partial charge is 0.274 e. The molecule has 0 bridgehead atoms. The predicted molar refractivity (Wildman–Crippen MR) is 21.7 cm³/mol. The van der Waals surface area contributed by atoms with E-state index < -0.39 is 0 Å². The largest absolute Gasteiger partial charge is 0.478 e. The van der Waals surface area contributed by atoms with Gasteiger partial charge in [0, 0.05) is 11.1 Å². The van der Waals surface area contributed by atoms with E-state index >= 15 is 0 Å². The molecular formula is C2H6NOS+. The summed E-state index contributed by atoms with van der Waals surface area (Å²) in [5.41, 5.74) is 4.94. The Morgan fingerprint density at radius 1 is 2.00 bits per heavy atom. The summed E-state index contributed by atoms with van der Waals surface area (Å²) in [7, 11) is 0. The van der Waals surface area contributed by atoms with Crippen molar-refractivity contribution in [1.82, 2.24) is 0 Å². The molecule has 30 valence electrons. The van der Waals surface area contributed by atoms with Crippen LogP contribution in [0.15, 0.2) is 0 Å². The van der Waals surface area contributed by atoms with Crippen LogP contribution in [0.25, 0.3) is 0 Å². The SMILES string of the molecule is CC(N)[S+]=O. The minimum absolute atomic E-state index is 0.255. The third-order valence-electron chi connectivity index (χ3n) is 0.152. The molecule has 0 spiro atoms. The molecule has 0 saturated carbocycles. The second-order valence-corrected chi connectivity index (χ2v) is 1.74. The van der Waals surface area contributed by atoms with Crippen molar-refractivity contribution in [2.45, 2.75) is 12.3 Å². The fraction of sp³-hybridized carbons (Fsp3) is 1.00. The molecule has 0 aromatic rings. The van der Waals surface area contributed by atoms with Crippen LogP contribution in [0.3, 0.4) is 0 Å². The highest BCUT2D eigenvalue weighted by atomic mass is 32.1. The van der Waals surface area contributed by atoms with Crippen molar-refractivity contribution in [3.63, 3.8) is 0 Å². The second-order valence-electron chi connectivity index (χ2n) is 0.801. The molecule has 0 heterocycles. The second kappa shape index (κ2) is 2.23. The maximum atomic E-state index is 9.42. The summed E-state index contributed by atoms with van der Waals surface area (Å²) in [5, 5.41) is -0.255. The highest BCUT2D eigenvalue weighted by Crippen LogP contribution is 1.61. The Bertz CT molecular complexity index is 36.6. The van der Waals surface area contributed by atoms with Crippen LogP contribution >= 0.6 is 0 Å². The van der Waals surface area contributed by atoms with E-state index in [-0.39, 0.29) is 5.37 Å². The van der Waals surface area contributed by atoms with Crippen LogP contribution in [-0.4, -0.2) is 5.37 Å². The van der Waals surface area contributed by atoms with E-state index in [4.69, 9.17) is 5.73 Å². The van der Waals surface area contributed by atoms with Gasteiger partial charge in [0.2, 0.25) is 0 Å². The summed E-state index contributed by atoms with van der Waals surface area (Å²) in [4.78, 5) is 0. The van der Waals surface area contributed by atoms with Crippen LogP contribution in [0.5, 0.6) is 0 Å². The van der Waals surface area contributed by atoms with Crippen molar-refractivity contribution < 1.29 is 4.21 Å². The van der Waals surface area contributed by atoms with Crippen molar-refractivity contribution in [1.29, 1.82) is 0 Å². The fourth-order valence-electron chi connectivity index (χ4n) is 0. The normalized spacial score (nSPS) is 14.0. The molecular weight excluding hydrogens is 86.1 g/mol. The minimum Gasteiger partial charge on any atom is -0.274 e. The summed E-state index contributed by atoms with van der Waals surface area (Å²) >= 11 is 0.407. The zero-order valence-corrected chi connectivity index (χ0v) is 3.79. The Balaban J connectivity index is 2.83. The summed E-state index contributed by atoms with van der Waals surface area (Å²) in [6.45, 7) is 1.65. The van der Waals surface area contributed by atoms with E-state index in [1.807, 2.05) is 0 Å². The first-order valence-corrected chi connectivity index (χ1v) is 2.12. The Hall–Kier alpha value is -0.0200. The van der Waals surface area contributed by atoms with E-state index in [2.05, 4.69) is 0 Å². The van der Waals surface area contributed by atoms with Gasteiger partial charge in [-0.1, -0.05) is 0 Å². The lowest BCUT2D eigenvalue weighted by atomic mass is 10.8. The molecule has 0 aliphatic heterocycles. The molecule has 5 heavy (non-hydrogen) atoms. The average molecular weight is 92.1 g/mol. The minimum atomic E-state index is -0.255. The Morgan fingerprint density at radius 2 is 2.20 bits per heavy atom. The molecule has 1 atom stereocenters. The highest BCUT2D eigenvalue weighted by Gasteiger charge is 2.01. The quantitative estimate of drug-likeness (QED) is 0.357. The molecule has 0 aliphatic rings. The number of hydrogen-bond donors (Lipinski definition) is 1. The molecule has 0 aromatic heterocycles. The number of nitrogens with two attached hydrogens (primary N) is 1. The van der Waals surface area contributed by atoms with Gasteiger partial charge in [-0.15, -0.1) is 0 Å². The maximum absolute atomic E-state index is 9.42. The van der Waals surface area contributed by atoms with Gasteiger partial charge >= 0.3 is 11.7 Å². The van der Waals surface area contributed by atoms with Gasteiger partial charge in [-0.05, 0) is 0 Å². The molecule has 1 unspecified atom stereocenters. The van der Waals surface area contributed by atoms with Gasteiger partial charge in [0.05, 0.1) is 0 Å².